The van der Waals surface area contributed by atoms with Crippen LogP contribution in [0.15, 0.2) is 164 Å². The van der Waals surface area contributed by atoms with E-state index in [2.05, 4.69) is 173 Å². The van der Waals surface area contributed by atoms with Gasteiger partial charge in [0.25, 0.3) is 0 Å². The number of piperidine rings is 3. The van der Waals surface area contributed by atoms with Crippen LogP contribution in [-0.2, 0) is 20.1 Å². The van der Waals surface area contributed by atoms with E-state index in [1.165, 1.54) is 118 Å². The maximum atomic E-state index is 4.77. The molecule has 4 heterocycles. The molecule has 3 saturated heterocycles. The second-order valence-electron chi connectivity index (χ2n) is 16.4. The number of benzene rings is 7. The van der Waals surface area contributed by atoms with E-state index in [9.17, 15) is 0 Å². The standard InChI is InChI=1S/C35H28N2.2C11H13N.Ir/c1-2-8-30(9-3-1)37-34-12-5-4-10-31(34)32-24-29(21-22-35(32)37)27-15-13-25(14-16-27)26-17-19-28(20-18-26)33-11-6-7-23-36-33;2*1-2-6-10(7-3-1)11-8-4-5-9-12-11;/h1-5,8-10,12-19,21-22,24,33H,6-7,11,23H2;2*1-3,6,11H,4-5,8-9H2;/q3*-2;. The Labute approximate surface area is 382 Å². The molecule has 0 aliphatic carbocycles. The summed E-state index contributed by atoms with van der Waals surface area (Å²) < 4.78 is 2.36. The SMILES string of the molecule is [Ir].[c-]1cc(-c2ccc(-c3ccc4c(c3)c3ccccc3n4-c3ccccc3)cc2)ccc1C1CCCC[N-]1.[c-]1ccccc1C1CCCC[N-]1.[c-]1ccccc1C1CCCC[N-]1. The van der Waals surface area contributed by atoms with Crippen LogP contribution in [0.2, 0.25) is 0 Å². The van der Waals surface area contributed by atoms with Gasteiger partial charge in [-0.05, 0) is 41.5 Å². The molecule has 5 heteroatoms. The third-order valence-corrected chi connectivity index (χ3v) is 12.3. The van der Waals surface area contributed by atoms with Crippen molar-refractivity contribution in [2.24, 2.45) is 0 Å². The Balaban J connectivity index is 0.000000172. The fourth-order valence-corrected chi connectivity index (χ4v) is 9.04. The first-order chi connectivity index (χ1) is 30.3. The van der Waals surface area contributed by atoms with Gasteiger partial charge in [-0.2, -0.15) is 102 Å². The molecule has 317 valence electrons. The fraction of sp³-hybridized carbons (Fsp3) is 0.263. The van der Waals surface area contributed by atoms with E-state index >= 15 is 0 Å². The predicted octanol–water partition coefficient (Wildman–Crippen LogP) is 15.7. The van der Waals surface area contributed by atoms with E-state index < -0.39 is 0 Å². The molecule has 3 fully saturated rings. The van der Waals surface area contributed by atoms with Crippen LogP contribution < -0.4 is 0 Å². The Morgan fingerprint density at radius 3 is 1.40 bits per heavy atom. The van der Waals surface area contributed by atoms with E-state index in [0.29, 0.717) is 18.1 Å². The molecule has 7 aromatic carbocycles. The van der Waals surface area contributed by atoms with Gasteiger partial charge < -0.3 is 20.5 Å². The van der Waals surface area contributed by atoms with Gasteiger partial charge in [-0.15, -0.1) is 43.3 Å². The largest absolute Gasteiger partial charge is 0.657 e. The van der Waals surface area contributed by atoms with Gasteiger partial charge in [-0.1, -0.05) is 130 Å². The first-order valence-corrected chi connectivity index (χ1v) is 22.4. The second-order valence-corrected chi connectivity index (χ2v) is 16.4. The van der Waals surface area contributed by atoms with Crippen molar-refractivity contribution >= 4 is 21.8 Å². The van der Waals surface area contributed by atoms with Crippen molar-refractivity contribution in [3.8, 4) is 27.9 Å². The fourth-order valence-electron chi connectivity index (χ4n) is 9.04. The number of hydrogen-bond acceptors (Lipinski definition) is 0. The summed E-state index contributed by atoms with van der Waals surface area (Å²) in [4.78, 5) is 0. The molecule has 0 N–H and O–H groups in total. The number of aromatic nitrogens is 1. The summed E-state index contributed by atoms with van der Waals surface area (Å²) in [6, 6.07) is 69.1. The zero-order valence-corrected chi connectivity index (χ0v) is 37.8. The Morgan fingerprint density at radius 2 is 0.887 bits per heavy atom. The van der Waals surface area contributed by atoms with Crippen molar-refractivity contribution < 1.29 is 20.1 Å². The van der Waals surface area contributed by atoms with E-state index in [-0.39, 0.29) is 20.1 Å². The number of para-hydroxylation sites is 2. The van der Waals surface area contributed by atoms with Crippen molar-refractivity contribution in [3.63, 3.8) is 0 Å². The minimum Gasteiger partial charge on any atom is -0.657 e. The predicted molar refractivity (Wildman–Crippen MR) is 255 cm³/mol. The number of fused-ring (bicyclic) bond motifs is 3. The van der Waals surface area contributed by atoms with Gasteiger partial charge in [-0.3, -0.25) is 0 Å². The average molecular weight is 987 g/mol. The quantitative estimate of drug-likeness (QED) is 0.149. The van der Waals surface area contributed by atoms with Crippen molar-refractivity contribution in [2.45, 2.75) is 75.9 Å². The van der Waals surface area contributed by atoms with Crippen LogP contribution in [-0.4, -0.2) is 24.2 Å². The molecule has 0 spiro atoms. The molecule has 3 aliphatic rings. The monoisotopic (exact) mass is 987 g/mol. The molecule has 0 bridgehead atoms. The van der Waals surface area contributed by atoms with E-state index in [0.717, 1.165) is 26.1 Å². The molecule has 0 saturated carbocycles. The third-order valence-electron chi connectivity index (χ3n) is 12.3. The second kappa shape index (κ2) is 21.8. The van der Waals surface area contributed by atoms with Crippen LogP contribution in [0.25, 0.3) is 65.7 Å². The summed E-state index contributed by atoms with van der Waals surface area (Å²) >= 11 is 0. The van der Waals surface area contributed by atoms with E-state index in [1.54, 1.807) is 0 Å². The summed E-state index contributed by atoms with van der Waals surface area (Å²) in [7, 11) is 0. The van der Waals surface area contributed by atoms with Gasteiger partial charge in [0, 0.05) is 36.6 Å². The molecule has 11 rings (SSSR count). The molecule has 1 aromatic heterocycles. The third kappa shape index (κ3) is 10.5. The van der Waals surface area contributed by atoms with Gasteiger partial charge in [0.2, 0.25) is 0 Å². The molecule has 3 aliphatic heterocycles. The van der Waals surface area contributed by atoms with Crippen LogP contribution in [0.4, 0.5) is 0 Å². The van der Waals surface area contributed by atoms with Crippen LogP contribution in [0, 0.1) is 18.2 Å². The minimum absolute atomic E-state index is 0. The first-order valence-electron chi connectivity index (χ1n) is 22.4. The molecular formula is C57H54IrN4-6. The smallest absolute Gasteiger partial charge is 0.0541 e. The van der Waals surface area contributed by atoms with Crippen LogP contribution in [0.3, 0.4) is 0 Å². The Bertz CT molecular complexity index is 2500. The molecule has 0 amide bonds. The topological polar surface area (TPSA) is 47.2 Å². The first kappa shape index (κ1) is 43.5. The van der Waals surface area contributed by atoms with Crippen LogP contribution in [0.5, 0.6) is 0 Å². The van der Waals surface area contributed by atoms with Crippen LogP contribution >= 0.6 is 0 Å². The van der Waals surface area contributed by atoms with Gasteiger partial charge in [-0.25, -0.2) is 0 Å². The van der Waals surface area contributed by atoms with E-state index in [4.69, 9.17) is 5.32 Å². The van der Waals surface area contributed by atoms with Crippen LogP contribution in [0.1, 0.15) is 92.6 Å². The summed E-state index contributed by atoms with van der Waals surface area (Å²) in [5, 5.41) is 16.5. The van der Waals surface area contributed by atoms with Crippen molar-refractivity contribution in [3.05, 3.63) is 215 Å². The molecule has 4 nitrogen and oxygen atoms in total. The summed E-state index contributed by atoms with van der Waals surface area (Å²) in [5.74, 6) is 0. The van der Waals surface area contributed by atoms with E-state index in [1.807, 2.05) is 24.3 Å². The Hall–Kier alpha value is -5.13. The van der Waals surface area contributed by atoms with Gasteiger partial charge >= 0.3 is 0 Å². The average Bonchev–Trinajstić information content (AvgIpc) is 3.70. The van der Waals surface area contributed by atoms with Crippen molar-refractivity contribution in [1.29, 1.82) is 0 Å². The normalized spacial score (nSPS) is 18.7. The molecule has 62 heavy (non-hydrogen) atoms. The molecule has 3 unspecified atom stereocenters. The maximum Gasteiger partial charge on any atom is 0.0541 e. The molecular weight excluding hydrogens is 933 g/mol. The zero-order chi connectivity index (χ0) is 41.1. The van der Waals surface area contributed by atoms with Crippen molar-refractivity contribution in [1.82, 2.24) is 4.57 Å². The molecule has 1 radical (unpaired) electrons. The van der Waals surface area contributed by atoms with Gasteiger partial charge in [0.05, 0.1) is 11.0 Å². The summed E-state index contributed by atoms with van der Waals surface area (Å²) in [6.45, 7) is 3.06. The van der Waals surface area contributed by atoms with Gasteiger partial charge in [0.15, 0.2) is 0 Å². The summed E-state index contributed by atoms with van der Waals surface area (Å²) in [5.41, 5.74) is 12.3. The minimum atomic E-state index is 0. The molecule has 3 atom stereocenters. The van der Waals surface area contributed by atoms with Crippen molar-refractivity contribution in [2.75, 3.05) is 19.6 Å². The number of rotatable bonds is 6. The van der Waals surface area contributed by atoms with Gasteiger partial charge in [0.1, 0.15) is 0 Å². The summed E-state index contributed by atoms with van der Waals surface area (Å²) in [6.07, 6.45) is 11.2. The number of nitrogens with zero attached hydrogens (tertiary/aromatic N) is 4. The number of hydrogen-bond donors (Lipinski definition) is 0. The molecule has 8 aromatic rings. The Kier molecular flexibility index (Phi) is 15.3. The zero-order valence-electron chi connectivity index (χ0n) is 35.4. The Morgan fingerprint density at radius 1 is 0.403 bits per heavy atom. The maximum absolute atomic E-state index is 4.77.